The van der Waals surface area contributed by atoms with E-state index in [2.05, 4.69) is 39.8 Å². The summed E-state index contributed by atoms with van der Waals surface area (Å²) >= 11 is 2.10. The first kappa shape index (κ1) is 13.1. The fourth-order valence-electron chi connectivity index (χ4n) is 3.03. The van der Waals surface area contributed by atoms with Gasteiger partial charge in [0.15, 0.2) is 0 Å². The van der Waals surface area contributed by atoms with Gasteiger partial charge in [-0.3, -0.25) is 4.90 Å². The van der Waals surface area contributed by atoms with Crippen molar-refractivity contribution >= 4 is 17.4 Å². The highest BCUT2D eigenvalue weighted by Gasteiger charge is 2.27. The molecule has 0 saturated carbocycles. The van der Waals surface area contributed by atoms with E-state index in [-0.39, 0.29) is 0 Å². The predicted molar refractivity (Wildman–Crippen MR) is 82.5 cm³/mol. The first-order valence-electron chi connectivity index (χ1n) is 7.08. The highest BCUT2D eigenvalue weighted by molar-refractivity contribution is 7.99. The van der Waals surface area contributed by atoms with Crippen molar-refractivity contribution in [1.82, 2.24) is 4.90 Å². The summed E-state index contributed by atoms with van der Waals surface area (Å²) < 4.78 is 5.47. The number of nitrogens with zero attached hydrogens (tertiary/aromatic N) is 2. The average molecular weight is 278 g/mol. The third-order valence-electron chi connectivity index (χ3n) is 4.16. The van der Waals surface area contributed by atoms with Crippen molar-refractivity contribution in [3.05, 3.63) is 24.3 Å². The molecule has 2 aliphatic heterocycles. The van der Waals surface area contributed by atoms with Crippen LogP contribution in [0.5, 0.6) is 5.75 Å². The Labute approximate surface area is 119 Å². The van der Waals surface area contributed by atoms with E-state index in [1.165, 1.54) is 36.7 Å². The van der Waals surface area contributed by atoms with E-state index in [9.17, 15) is 0 Å². The molecule has 1 atom stereocenters. The van der Waals surface area contributed by atoms with Gasteiger partial charge in [-0.1, -0.05) is 12.1 Å². The van der Waals surface area contributed by atoms with Gasteiger partial charge in [-0.25, -0.2) is 0 Å². The minimum Gasteiger partial charge on any atom is -0.495 e. The second kappa shape index (κ2) is 6.06. The fourth-order valence-corrected chi connectivity index (χ4v) is 4.28. The van der Waals surface area contributed by atoms with E-state index in [1.807, 2.05) is 6.07 Å². The monoisotopic (exact) mass is 278 g/mol. The van der Waals surface area contributed by atoms with Crippen LogP contribution in [0.1, 0.15) is 6.42 Å². The van der Waals surface area contributed by atoms with E-state index < -0.39 is 0 Å². The normalized spacial score (nSPS) is 24.7. The van der Waals surface area contributed by atoms with E-state index >= 15 is 0 Å². The van der Waals surface area contributed by atoms with Crippen LogP contribution in [0.4, 0.5) is 5.69 Å². The molecule has 1 aromatic rings. The van der Waals surface area contributed by atoms with Crippen molar-refractivity contribution in [1.29, 1.82) is 0 Å². The Hall–Kier alpha value is -0.870. The van der Waals surface area contributed by atoms with Gasteiger partial charge in [-0.05, 0) is 24.3 Å². The van der Waals surface area contributed by atoms with Crippen LogP contribution < -0.4 is 9.64 Å². The van der Waals surface area contributed by atoms with Crippen LogP contribution in [-0.2, 0) is 0 Å². The highest BCUT2D eigenvalue weighted by Crippen LogP contribution is 2.29. The quantitative estimate of drug-likeness (QED) is 0.843. The van der Waals surface area contributed by atoms with Crippen LogP contribution in [0.2, 0.25) is 0 Å². The highest BCUT2D eigenvalue weighted by atomic mass is 32.2. The Balaban J connectivity index is 1.63. The number of rotatable bonds is 3. The standard InChI is InChI=1S/C15H22N2OS/c1-18-15-5-3-2-4-14(15)17-9-7-16(8-10-17)13-6-11-19-12-13/h2-5,13H,6-12H2,1H3/t13-/m1/s1. The molecule has 2 aliphatic rings. The summed E-state index contributed by atoms with van der Waals surface area (Å²) in [6.07, 6.45) is 1.37. The minimum atomic E-state index is 0.824. The molecule has 0 bridgehead atoms. The van der Waals surface area contributed by atoms with Crippen LogP contribution in [0, 0.1) is 0 Å². The Morgan fingerprint density at radius 2 is 1.95 bits per heavy atom. The molecule has 3 rings (SSSR count). The average Bonchev–Trinajstić information content (AvgIpc) is 3.02. The van der Waals surface area contributed by atoms with Crippen molar-refractivity contribution < 1.29 is 4.74 Å². The van der Waals surface area contributed by atoms with Crippen molar-refractivity contribution in [3.63, 3.8) is 0 Å². The summed E-state index contributed by atoms with van der Waals surface area (Å²) in [7, 11) is 1.75. The summed E-state index contributed by atoms with van der Waals surface area (Å²) in [5.74, 6) is 3.67. The molecule has 2 fully saturated rings. The summed E-state index contributed by atoms with van der Waals surface area (Å²) in [6, 6.07) is 9.17. The molecule has 0 spiro atoms. The molecule has 2 saturated heterocycles. The molecule has 0 amide bonds. The molecule has 104 valence electrons. The van der Waals surface area contributed by atoms with Gasteiger partial charge >= 0.3 is 0 Å². The second-order valence-corrected chi connectivity index (χ2v) is 6.36. The van der Waals surface area contributed by atoms with Crippen molar-refractivity contribution in [3.8, 4) is 5.75 Å². The lowest BCUT2D eigenvalue weighted by atomic mass is 10.1. The predicted octanol–water partition coefficient (Wildman–Crippen LogP) is 2.32. The number of piperazine rings is 1. The maximum Gasteiger partial charge on any atom is 0.142 e. The lowest BCUT2D eigenvalue weighted by molar-refractivity contribution is 0.200. The minimum absolute atomic E-state index is 0.824. The molecule has 0 aromatic heterocycles. The molecule has 3 nitrogen and oxygen atoms in total. The number of hydrogen-bond acceptors (Lipinski definition) is 4. The third-order valence-corrected chi connectivity index (χ3v) is 5.31. The van der Waals surface area contributed by atoms with Gasteiger partial charge in [0.1, 0.15) is 5.75 Å². The molecular formula is C15H22N2OS. The zero-order chi connectivity index (χ0) is 13.1. The van der Waals surface area contributed by atoms with Crippen molar-refractivity contribution in [2.75, 3.05) is 49.7 Å². The van der Waals surface area contributed by atoms with Crippen LogP contribution in [0.15, 0.2) is 24.3 Å². The van der Waals surface area contributed by atoms with E-state index in [1.54, 1.807) is 7.11 Å². The smallest absolute Gasteiger partial charge is 0.142 e. The number of hydrogen-bond donors (Lipinski definition) is 0. The lowest BCUT2D eigenvalue weighted by Crippen LogP contribution is -2.50. The lowest BCUT2D eigenvalue weighted by Gasteiger charge is -2.39. The van der Waals surface area contributed by atoms with E-state index in [0.717, 1.165) is 24.9 Å². The van der Waals surface area contributed by atoms with Crippen LogP contribution >= 0.6 is 11.8 Å². The van der Waals surface area contributed by atoms with Crippen LogP contribution in [-0.4, -0.2) is 55.7 Å². The summed E-state index contributed by atoms with van der Waals surface area (Å²) in [6.45, 7) is 4.59. The first-order valence-corrected chi connectivity index (χ1v) is 8.23. The summed E-state index contributed by atoms with van der Waals surface area (Å²) in [5, 5.41) is 0. The van der Waals surface area contributed by atoms with E-state index in [0.29, 0.717) is 0 Å². The number of thioether (sulfide) groups is 1. The van der Waals surface area contributed by atoms with Gasteiger partial charge in [-0.15, -0.1) is 0 Å². The molecule has 4 heteroatoms. The van der Waals surface area contributed by atoms with Gasteiger partial charge in [-0.2, -0.15) is 11.8 Å². The number of para-hydroxylation sites is 2. The van der Waals surface area contributed by atoms with Crippen molar-refractivity contribution in [2.24, 2.45) is 0 Å². The summed E-state index contributed by atoms with van der Waals surface area (Å²) in [5.41, 5.74) is 1.24. The van der Waals surface area contributed by atoms with Gasteiger partial charge in [0.2, 0.25) is 0 Å². The van der Waals surface area contributed by atoms with Gasteiger partial charge in [0.25, 0.3) is 0 Å². The Bertz CT molecular complexity index is 412. The van der Waals surface area contributed by atoms with Crippen LogP contribution in [0.3, 0.4) is 0 Å². The second-order valence-electron chi connectivity index (χ2n) is 5.21. The number of ether oxygens (including phenoxy) is 1. The Kier molecular flexibility index (Phi) is 4.18. The topological polar surface area (TPSA) is 15.7 Å². The largest absolute Gasteiger partial charge is 0.495 e. The Morgan fingerprint density at radius 1 is 1.16 bits per heavy atom. The van der Waals surface area contributed by atoms with Gasteiger partial charge < -0.3 is 9.64 Å². The molecule has 2 heterocycles. The molecule has 1 aromatic carbocycles. The summed E-state index contributed by atoms with van der Waals surface area (Å²) in [4.78, 5) is 5.13. The molecular weight excluding hydrogens is 256 g/mol. The maximum atomic E-state index is 5.47. The van der Waals surface area contributed by atoms with E-state index in [4.69, 9.17) is 4.74 Å². The number of anilines is 1. The third kappa shape index (κ3) is 2.84. The fraction of sp³-hybridized carbons (Fsp3) is 0.600. The van der Waals surface area contributed by atoms with Gasteiger partial charge in [0, 0.05) is 38.0 Å². The first-order chi connectivity index (χ1) is 9.38. The number of methoxy groups -OCH3 is 1. The maximum absolute atomic E-state index is 5.47. The SMILES string of the molecule is COc1ccccc1N1CCN([C@@H]2CCSC2)CC1. The number of benzene rings is 1. The zero-order valence-electron chi connectivity index (χ0n) is 11.5. The van der Waals surface area contributed by atoms with Crippen molar-refractivity contribution in [2.45, 2.75) is 12.5 Å². The van der Waals surface area contributed by atoms with Crippen LogP contribution in [0.25, 0.3) is 0 Å². The molecule has 0 aliphatic carbocycles. The molecule has 0 N–H and O–H groups in total. The van der Waals surface area contributed by atoms with Gasteiger partial charge in [0.05, 0.1) is 12.8 Å². The molecule has 0 radical (unpaired) electrons. The Morgan fingerprint density at radius 3 is 2.63 bits per heavy atom. The molecule has 0 unspecified atom stereocenters. The zero-order valence-corrected chi connectivity index (χ0v) is 12.4. The molecule has 19 heavy (non-hydrogen) atoms.